The molecule has 5 aromatic rings. The van der Waals surface area contributed by atoms with E-state index in [1.165, 1.54) is 10.9 Å². The molecule has 0 aliphatic carbocycles. The first kappa shape index (κ1) is 21.7. The van der Waals surface area contributed by atoms with Crippen molar-refractivity contribution >= 4 is 34.1 Å². The lowest BCUT2D eigenvalue weighted by Crippen LogP contribution is -2.23. The van der Waals surface area contributed by atoms with E-state index in [-0.39, 0.29) is 11.5 Å². The summed E-state index contributed by atoms with van der Waals surface area (Å²) in [6, 6.07) is 18.6. The minimum absolute atomic E-state index is 0.142. The molecule has 4 heterocycles. The molecule has 2 aromatic carbocycles. The second kappa shape index (κ2) is 8.77. The van der Waals surface area contributed by atoms with Gasteiger partial charge in [0, 0.05) is 30.5 Å². The number of carbonyl (C=O) groups excluding carboxylic acids is 1. The molecule has 0 radical (unpaired) electrons. The summed E-state index contributed by atoms with van der Waals surface area (Å²) < 4.78 is 6.99. The summed E-state index contributed by atoms with van der Waals surface area (Å²) in [5.41, 5.74) is 3.71. The Labute approximate surface area is 206 Å². The summed E-state index contributed by atoms with van der Waals surface area (Å²) in [6.07, 6.45) is 4.52. The quantitative estimate of drug-likeness (QED) is 0.393. The number of nitrogens with zero attached hydrogens (tertiary/aromatic N) is 5. The van der Waals surface area contributed by atoms with E-state index in [9.17, 15) is 9.59 Å². The largest absolute Gasteiger partial charge is 0.463 e. The molecular formula is C27H22N6O3. The number of para-hydroxylation sites is 1. The molecule has 1 N–H and O–H groups in total. The van der Waals surface area contributed by atoms with Gasteiger partial charge in [-0.15, -0.1) is 0 Å². The summed E-state index contributed by atoms with van der Waals surface area (Å²) in [6.45, 7) is 2.66. The number of nitrogens with one attached hydrogen (secondary N) is 1. The molecule has 0 atom stereocenters. The standard InChI is InChI=1S/C27H22N6O3/c1-17-6-2-3-7-21(17)33-26(35)20-16-28-27(30-24(20)25(31-33)22-8-5-15-36-22)29-18-10-12-19(13-11-18)32-14-4-9-23(32)34/h2-3,5-8,10-13,15-16H,4,9,14H2,1H3,(H,28,29,30). The number of amides is 1. The molecule has 1 aliphatic rings. The number of fused-ring (bicyclic) bond motifs is 1. The number of hydrogen-bond donors (Lipinski definition) is 1. The van der Waals surface area contributed by atoms with Crippen LogP contribution in [-0.4, -0.2) is 32.2 Å². The molecule has 1 saturated heterocycles. The van der Waals surface area contributed by atoms with Crippen LogP contribution in [0.1, 0.15) is 18.4 Å². The number of anilines is 3. The van der Waals surface area contributed by atoms with Crippen molar-refractivity contribution in [2.24, 2.45) is 0 Å². The van der Waals surface area contributed by atoms with Crippen LogP contribution in [0.2, 0.25) is 0 Å². The molecule has 0 spiro atoms. The predicted molar refractivity (Wildman–Crippen MR) is 137 cm³/mol. The van der Waals surface area contributed by atoms with E-state index in [0.29, 0.717) is 40.4 Å². The van der Waals surface area contributed by atoms with Crippen LogP contribution in [0.25, 0.3) is 28.0 Å². The summed E-state index contributed by atoms with van der Waals surface area (Å²) in [4.78, 5) is 36.2. The number of aryl methyl sites for hydroxylation is 1. The molecule has 0 saturated carbocycles. The van der Waals surface area contributed by atoms with E-state index >= 15 is 0 Å². The lowest BCUT2D eigenvalue weighted by Gasteiger charge is -2.16. The monoisotopic (exact) mass is 478 g/mol. The lowest BCUT2D eigenvalue weighted by molar-refractivity contribution is -0.117. The second-order valence-electron chi connectivity index (χ2n) is 8.61. The van der Waals surface area contributed by atoms with Crippen LogP contribution >= 0.6 is 0 Å². The highest BCUT2D eigenvalue weighted by Gasteiger charge is 2.22. The van der Waals surface area contributed by atoms with Crippen LogP contribution in [0.5, 0.6) is 0 Å². The lowest BCUT2D eigenvalue weighted by atomic mass is 10.2. The van der Waals surface area contributed by atoms with Gasteiger partial charge in [-0.25, -0.2) is 9.97 Å². The number of hydrogen-bond acceptors (Lipinski definition) is 7. The fraction of sp³-hybridized carbons (Fsp3) is 0.148. The zero-order valence-corrected chi connectivity index (χ0v) is 19.5. The second-order valence-corrected chi connectivity index (χ2v) is 8.61. The van der Waals surface area contributed by atoms with E-state index < -0.39 is 0 Å². The summed E-state index contributed by atoms with van der Waals surface area (Å²) >= 11 is 0. The molecule has 1 fully saturated rings. The highest BCUT2D eigenvalue weighted by molar-refractivity contribution is 5.95. The van der Waals surface area contributed by atoms with Crippen molar-refractivity contribution in [2.45, 2.75) is 19.8 Å². The maximum absolute atomic E-state index is 13.4. The molecule has 36 heavy (non-hydrogen) atoms. The first-order chi connectivity index (χ1) is 17.6. The number of rotatable bonds is 5. The first-order valence-corrected chi connectivity index (χ1v) is 11.7. The molecule has 1 amide bonds. The van der Waals surface area contributed by atoms with E-state index in [0.717, 1.165) is 29.9 Å². The molecular weight excluding hydrogens is 456 g/mol. The minimum atomic E-state index is -0.319. The van der Waals surface area contributed by atoms with Crippen molar-refractivity contribution in [3.05, 3.63) is 89.0 Å². The van der Waals surface area contributed by atoms with Crippen molar-refractivity contribution in [3.8, 4) is 17.1 Å². The van der Waals surface area contributed by atoms with Crippen LogP contribution in [0.3, 0.4) is 0 Å². The Bertz CT molecular complexity index is 1640. The van der Waals surface area contributed by atoms with Crippen molar-refractivity contribution in [1.29, 1.82) is 0 Å². The first-order valence-electron chi connectivity index (χ1n) is 11.7. The molecule has 0 unspecified atom stereocenters. The summed E-state index contributed by atoms with van der Waals surface area (Å²) in [7, 11) is 0. The van der Waals surface area contributed by atoms with Crippen molar-refractivity contribution < 1.29 is 9.21 Å². The van der Waals surface area contributed by atoms with Gasteiger partial charge in [-0.1, -0.05) is 18.2 Å². The van der Waals surface area contributed by atoms with Gasteiger partial charge in [-0.05, 0) is 61.4 Å². The average molecular weight is 479 g/mol. The molecule has 6 rings (SSSR count). The summed E-state index contributed by atoms with van der Waals surface area (Å²) in [5, 5.41) is 8.15. The van der Waals surface area contributed by atoms with Gasteiger partial charge in [0.25, 0.3) is 5.56 Å². The molecule has 9 nitrogen and oxygen atoms in total. The van der Waals surface area contributed by atoms with Gasteiger partial charge in [0.2, 0.25) is 11.9 Å². The molecule has 0 bridgehead atoms. The maximum Gasteiger partial charge on any atom is 0.282 e. The molecule has 1 aliphatic heterocycles. The third-order valence-electron chi connectivity index (χ3n) is 6.24. The van der Waals surface area contributed by atoms with Crippen LogP contribution in [0, 0.1) is 6.92 Å². The van der Waals surface area contributed by atoms with Crippen LogP contribution in [0.4, 0.5) is 17.3 Å². The van der Waals surface area contributed by atoms with Gasteiger partial charge >= 0.3 is 0 Å². The van der Waals surface area contributed by atoms with E-state index in [2.05, 4.69) is 20.4 Å². The fourth-order valence-electron chi connectivity index (χ4n) is 4.40. The Morgan fingerprint density at radius 3 is 2.56 bits per heavy atom. The average Bonchev–Trinajstić information content (AvgIpc) is 3.58. The third-order valence-corrected chi connectivity index (χ3v) is 6.24. The van der Waals surface area contributed by atoms with Gasteiger partial charge in [0.05, 0.1) is 17.3 Å². The highest BCUT2D eigenvalue weighted by atomic mass is 16.3. The highest BCUT2D eigenvalue weighted by Crippen LogP contribution is 2.27. The van der Waals surface area contributed by atoms with Crippen LogP contribution in [-0.2, 0) is 4.79 Å². The van der Waals surface area contributed by atoms with E-state index in [1.54, 1.807) is 23.3 Å². The van der Waals surface area contributed by atoms with Crippen molar-refractivity contribution in [2.75, 3.05) is 16.8 Å². The van der Waals surface area contributed by atoms with Gasteiger partial charge < -0.3 is 14.6 Å². The topological polar surface area (TPSA) is 106 Å². The molecule has 9 heteroatoms. The Morgan fingerprint density at radius 2 is 1.83 bits per heavy atom. The van der Waals surface area contributed by atoms with Gasteiger partial charge in [-0.2, -0.15) is 9.78 Å². The smallest absolute Gasteiger partial charge is 0.282 e. The number of carbonyl (C=O) groups is 1. The number of aromatic nitrogens is 4. The fourth-order valence-corrected chi connectivity index (χ4v) is 4.40. The van der Waals surface area contributed by atoms with E-state index in [4.69, 9.17) is 4.42 Å². The maximum atomic E-state index is 13.4. The minimum Gasteiger partial charge on any atom is -0.463 e. The molecule has 3 aromatic heterocycles. The Hall–Kier alpha value is -4.79. The van der Waals surface area contributed by atoms with Crippen LogP contribution in [0.15, 0.2) is 82.3 Å². The molecule has 178 valence electrons. The van der Waals surface area contributed by atoms with Gasteiger partial charge in [0.1, 0.15) is 5.52 Å². The Morgan fingerprint density at radius 1 is 1.00 bits per heavy atom. The number of furan rings is 1. The third kappa shape index (κ3) is 3.80. The normalized spacial score (nSPS) is 13.5. The zero-order valence-electron chi connectivity index (χ0n) is 19.5. The van der Waals surface area contributed by atoms with Gasteiger partial charge in [-0.3, -0.25) is 9.59 Å². The van der Waals surface area contributed by atoms with Gasteiger partial charge in [0.15, 0.2) is 11.5 Å². The van der Waals surface area contributed by atoms with Crippen molar-refractivity contribution in [3.63, 3.8) is 0 Å². The van der Waals surface area contributed by atoms with Crippen LogP contribution < -0.4 is 15.8 Å². The Kier molecular flexibility index (Phi) is 5.29. The zero-order chi connectivity index (χ0) is 24.6. The summed E-state index contributed by atoms with van der Waals surface area (Å²) in [5.74, 6) is 0.949. The predicted octanol–water partition coefficient (Wildman–Crippen LogP) is 4.61. The Balaban J connectivity index is 1.41. The SMILES string of the molecule is Cc1ccccc1-n1nc(-c2ccco2)c2nc(Nc3ccc(N4CCCC4=O)cc3)ncc2c1=O. The van der Waals surface area contributed by atoms with E-state index in [1.807, 2.05) is 55.5 Å². The number of benzene rings is 2. The van der Waals surface area contributed by atoms with Crippen molar-refractivity contribution in [1.82, 2.24) is 19.7 Å².